The standard InChI is InChI=1S/C15H21N3O2/c1-3-13(19-4-2)14-17-15(20-18-14)12-7-5-6-11(10-12)8-9-16/h5-7,10,13H,3-4,8-9,16H2,1-2H3. The molecule has 2 aromatic rings. The van der Waals surface area contributed by atoms with Crippen LogP contribution in [0.1, 0.15) is 37.8 Å². The molecule has 1 atom stereocenters. The Morgan fingerprint density at radius 3 is 2.90 bits per heavy atom. The molecule has 2 rings (SSSR count). The van der Waals surface area contributed by atoms with Crippen LogP contribution in [0.2, 0.25) is 0 Å². The summed E-state index contributed by atoms with van der Waals surface area (Å²) in [5.74, 6) is 1.13. The molecule has 0 bridgehead atoms. The molecule has 2 N–H and O–H groups in total. The number of benzene rings is 1. The third-order valence-electron chi connectivity index (χ3n) is 3.08. The Hall–Kier alpha value is -1.72. The zero-order valence-corrected chi connectivity index (χ0v) is 12.0. The molecule has 0 aliphatic rings. The van der Waals surface area contributed by atoms with E-state index in [-0.39, 0.29) is 6.10 Å². The molecule has 0 saturated heterocycles. The highest BCUT2D eigenvalue weighted by Crippen LogP contribution is 2.23. The lowest BCUT2D eigenvalue weighted by Crippen LogP contribution is -2.04. The Bertz CT molecular complexity index is 539. The van der Waals surface area contributed by atoms with Gasteiger partial charge in [-0.3, -0.25) is 0 Å². The van der Waals surface area contributed by atoms with Crippen molar-refractivity contribution in [3.8, 4) is 11.5 Å². The number of hydrogen-bond donors (Lipinski definition) is 1. The fraction of sp³-hybridized carbons (Fsp3) is 0.467. The van der Waals surface area contributed by atoms with Crippen molar-refractivity contribution in [1.29, 1.82) is 0 Å². The third kappa shape index (κ3) is 3.43. The molecule has 0 aliphatic heterocycles. The van der Waals surface area contributed by atoms with E-state index in [4.69, 9.17) is 15.0 Å². The van der Waals surface area contributed by atoms with Crippen LogP contribution < -0.4 is 5.73 Å². The number of nitrogens with two attached hydrogens (primary N) is 1. The highest BCUT2D eigenvalue weighted by molar-refractivity contribution is 5.54. The van der Waals surface area contributed by atoms with E-state index in [1.807, 2.05) is 38.1 Å². The molecular formula is C15H21N3O2. The summed E-state index contributed by atoms with van der Waals surface area (Å²) in [6, 6.07) is 8.01. The zero-order chi connectivity index (χ0) is 14.4. The minimum Gasteiger partial charge on any atom is -0.370 e. The summed E-state index contributed by atoms with van der Waals surface area (Å²) >= 11 is 0. The summed E-state index contributed by atoms with van der Waals surface area (Å²) in [4.78, 5) is 4.44. The van der Waals surface area contributed by atoms with E-state index in [0.29, 0.717) is 24.9 Å². The van der Waals surface area contributed by atoms with Crippen molar-refractivity contribution < 1.29 is 9.26 Å². The normalized spacial score (nSPS) is 12.6. The second-order valence-electron chi connectivity index (χ2n) is 4.55. The Kier molecular flexibility index (Phi) is 5.26. The van der Waals surface area contributed by atoms with Crippen LogP contribution >= 0.6 is 0 Å². The molecule has 1 aromatic heterocycles. The highest BCUT2D eigenvalue weighted by Gasteiger charge is 2.17. The first-order valence-electron chi connectivity index (χ1n) is 7.03. The molecule has 0 saturated carbocycles. The molecule has 1 aromatic carbocycles. The van der Waals surface area contributed by atoms with Crippen LogP contribution in [0, 0.1) is 0 Å². The van der Waals surface area contributed by atoms with Crippen LogP contribution in [0.15, 0.2) is 28.8 Å². The topological polar surface area (TPSA) is 74.2 Å². The summed E-state index contributed by atoms with van der Waals surface area (Å²) < 4.78 is 10.9. The molecule has 5 nitrogen and oxygen atoms in total. The SMILES string of the molecule is CCOC(CC)c1noc(-c2cccc(CCN)c2)n1. The van der Waals surface area contributed by atoms with Crippen molar-refractivity contribution >= 4 is 0 Å². The maximum atomic E-state index is 5.59. The predicted octanol–water partition coefficient (Wildman–Crippen LogP) is 2.73. The van der Waals surface area contributed by atoms with E-state index in [1.54, 1.807) is 0 Å². The van der Waals surface area contributed by atoms with E-state index in [1.165, 1.54) is 5.56 Å². The Morgan fingerprint density at radius 2 is 2.20 bits per heavy atom. The molecule has 1 unspecified atom stereocenters. The second-order valence-corrected chi connectivity index (χ2v) is 4.55. The molecule has 0 radical (unpaired) electrons. The minimum absolute atomic E-state index is 0.107. The summed E-state index contributed by atoms with van der Waals surface area (Å²) in [7, 11) is 0. The van der Waals surface area contributed by atoms with Crippen molar-refractivity contribution in [1.82, 2.24) is 10.1 Å². The number of aromatic nitrogens is 2. The highest BCUT2D eigenvalue weighted by atomic mass is 16.5. The fourth-order valence-electron chi connectivity index (χ4n) is 2.09. The quantitative estimate of drug-likeness (QED) is 0.841. The monoisotopic (exact) mass is 275 g/mol. The van der Waals surface area contributed by atoms with Gasteiger partial charge in [-0.05, 0) is 44.0 Å². The first-order chi connectivity index (χ1) is 9.78. The lowest BCUT2D eigenvalue weighted by Gasteiger charge is -2.09. The molecule has 20 heavy (non-hydrogen) atoms. The van der Waals surface area contributed by atoms with Crippen LogP contribution in [0.25, 0.3) is 11.5 Å². The largest absolute Gasteiger partial charge is 0.370 e. The van der Waals surface area contributed by atoms with Gasteiger partial charge in [0.05, 0.1) is 0 Å². The summed E-state index contributed by atoms with van der Waals surface area (Å²) in [6.45, 7) is 5.26. The number of ether oxygens (including phenoxy) is 1. The third-order valence-corrected chi connectivity index (χ3v) is 3.08. The molecule has 108 valence electrons. The summed E-state index contributed by atoms with van der Waals surface area (Å²) in [5.41, 5.74) is 7.66. The van der Waals surface area contributed by atoms with E-state index in [0.717, 1.165) is 18.4 Å². The second kappa shape index (κ2) is 7.17. The Morgan fingerprint density at radius 1 is 1.35 bits per heavy atom. The molecule has 5 heteroatoms. The van der Waals surface area contributed by atoms with Gasteiger partial charge in [-0.2, -0.15) is 4.98 Å². The molecule has 0 aliphatic carbocycles. The van der Waals surface area contributed by atoms with E-state index in [9.17, 15) is 0 Å². The molecule has 0 amide bonds. The van der Waals surface area contributed by atoms with Crippen molar-refractivity contribution in [3.63, 3.8) is 0 Å². The summed E-state index contributed by atoms with van der Waals surface area (Å²) in [6.07, 6.45) is 1.55. The zero-order valence-electron chi connectivity index (χ0n) is 12.0. The van der Waals surface area contributed by atoms with Crippen LogP contribution in [-0.2, 0) is 11.2 Å². The van der Waals surface area contributed by atoms with Gasteiger partial charge in [0.15, 0.2) is 0 Å². The molecule has 0 spiro atoms. The van der Waals surface area contributed by atoms with Crippen LogP contribution in [-0.4, -0.2) is 23.3 Å². The first-order valence-corrected chi connectivity index (χ1v) is 7.03. The van der Waals surface area contributed by atoms with Gasteiger partial charge < -0.3 is 15.0 Å². The molecule has 0 fully saturated rings. The molecular weight excluding hydrogens is 254 g/mol. The van der Waals surface area contributed by atoms with Gasteiger partial charge in [0.1, 0.15) is 6.10 Å². The average molecular weight is 275 g/mol. The van der Waals surface area contributed by atoms with Gasteiger partial charge in [0.25, 0.3) is 5.89 Å². The van der Waals surface area contributed by atoms with Crippen LogP contribution in [0.4, 0.5) is 0 Å². The van der Waals surface area contributed by atoms with Crippen molar-refractivity contribution in [2.75, 3.05) is 13.2 Å². The Balaban J connectivity index is 2.21. The predicted molar refractivity (Wildman–Crippen MR) is 77.2 cm³/mol. The maximum absolute atomic E-state index is 5.59. The van der Waals surface area contributed by atoms with Crippen molar-refractivity contribution in [3.05, 3.63) is 35.7 Å². The minimum atomic E-state index is -0.107. The van der Waals surface area contributed by atoms with Gasteiger partial charge in [-0.1, -0.05) is 24.2 Å². The lowest BCUT2D eigenvalue weighted by molar-refractivity contribution is 0.0518. The number of hydrogen-bond acceptors (Lipinski definition) is 5. The maximum Gasteiger partial charge on any atom is 0.258 e. The Labute approximate surface area is 119 Å². The van der Waals surface area contributed by atoms with Crippen LogP contribution in [0.5, 0.6) is 0 Å². The average Bonchev–Trinajstić information content (AvgIpc) is 2.95. The number of nitrogens with zero attached hydrogens (tertiary/aromatic N) is 2. The van der Waals surface area contributed by atoms with Gasteiger partial charge in [-0.15, -0.1) is 0 Å². The van der Waals surface area contributed by atoms with Gasteiger partial charge in [-0.25, -0.2) is 0 Å². The lowest BCUT2D eigenvalue weighted by atomic mass is 10.1. The number of rotatable bonds is 7. The van der Waals surface area contributed by atoms with Crippen molar-refractivity contribution in [2.45, 2.75) is 32.8 Å². The fourth-order valence-corrected chi connectivity index (χ4v) is 2.09. The smallest absolute Gasteiger partial charge is 0.258 e. The van der Waals surface area contributed by atoms with Crippen molar-refractivity contribution in [2.24, 2.45) is 5.73 Å². The van der Waals surface area contributed by atoms with E-state index < -0.39 is 0 Å². The van der Waals surface area contributed by atoms with Gasteiger partial charge >= 0.3 is 0 Å². The summed E-state index contributed by atoms with van der Waals surface area (Å²) in [5, 5.41) is 4.02. The molecule has 1 heterocycles. The van der Waals surface area contributed by atoms with E-state index >= 15 is 0 Å². The van der Waals surface area contributed by atoms with Gasteiger partial charge in [0.2, 0.25) is 5.82 Å². The van der Waals surface area contributed by atoms with Gasteiger partial charge in [0, 0.05) is 12.2 Å². The van der Waals surface area contributed by atoms with E-state index in [2.05, 4.69) is 10.1 Å². The van der Waals surface area contributed by atoms with Crippen LogP contribution in [0.3, 0.4) is 0 Å². The first kappa shape index (κ1) is 14.7.